The average Bonchev–Trinajstić information content (AvgIpc) is 3.12. The van der Waals surface area contributed by atoms with Crippen LogP contribution in [0.3, 0.4) is 0 Å². The van der Waals surface area contributed by atoms with E-state index in [0.29, 0.717) is 6.42 Å². The number of carbonyl (C=O) groups excluding carboxylic acids is 1. The van der Waals surface area contributed by atoms with E-state index in [-0.39, 0.29) is 5.91 Å². The van der Waals surface area contributed by atoms with E-state index in [1.807, 2.05) is 24.3 Å². The number of nitrogens with zero attached hydrogens (tertiary/aromatic N) is 2. The minimum absolute atomic E-state index is 0.120. The summed E-state index contributed by atoms with van der Waals surface area (Å²) in [5, 5.41) is 3.52. The highest BCUT2D eigenvalue weighted by molar-refractivity contribution is 5.78. The van der Waals surface area contributed by atoms with E-state index in [9.17, 15) is 4.79 Å². The van der Waals surface area contributed by atoms with Gasteiger partial charge in [0, 0.05) is 44.2 Å². The molecule has 1 saturated heterocycles. The normalized spacial score (nSPS) is 13.8. The molecule has 0 radical (unpaired) electrons. The Morgan fingerprint density at radius 2 is 1.76 bits per heavy atom. The zero-order chi connectivity index (χ0) is 17.8. The second-order valence-corrected chi connectivity index (χ2v) is 6.93. The number of hydrogen-bond donors (Lipinski definition) is 1. The highest BCUT2D eigenvalue weighted by atomic mass is 16.2. The lowest BCUT2D eigenvalue weighted by molar-refractivity contribution is -0.127. The SMILES string of the molecule is Cc1c(Nc2ccc(CC(=O)N(C)C)cc2)cccc1N1CCCC1. The fourth-order valence-corrected chi connectivity index (χ4v) is 3.25. The maximum Gasteiger partial charge on any atom is 0.226 e. The van der Waals surface area contributed by atoms with Gasteiger partial charge in [0.2, 0.25) is 5.91 Å². The van der Waals surface area contributed by atoms with Gasteiger partial charge in [0.15, 0.2) is 0 Å². The van der Waals surface area contributed by atoms with Crippen molar-refractivity contribution in [2.24, 2.45) is 0 Å². The maximum absolute atomic E-state index is 11.8. The van der Waals surface area contributed by atoms with Crippen molar-refractivity contribution < 1.29 is 4.79 Å². The van der Waals surface area contributed by atoms with Gasteiger partial charge in [-0.3, -0.25) is 4.79 Å². The van der Waals surface area contributed by atoms with Gasteiger partial charge in [-0.1, -0.05) is 18.2 Å². The van der Waals surface area contributed by atoms with Crippen LogP contribution in [-0.4, -0.2) is 38.0 Å². The Kier molecular flexibility index (Phi) is 5.27. The van der Waals surface area contributed by atoms with E-state index in [2.05, 4.69) is 35.3 Å². The number of benzene rings is 2. The number of nitrogens with one attached hydrogen (secondary N) is 1. The highest BCUT2D eigenvalue weighted by Crippen LogP contribution is 2.31. The van der Waals surface area contributed by atoms with Crippen LogP contribution in [0.5, 0.6) is 0 Å². The third kappa shape index (κ3) is 4.13. The quantitative estimate of drug-likeness (QED) is 0.897. The van der Waals surface area contributed by atoms with Gasteiger partial charge < -0.3 is 15.1 Å². The Hall–Kier alpha value is -2.49. The highest BCUT2D eigenvalue weighted by Gasteiger charge is 2.15. The summed E-state index contributed by atoms with van der Waals surface area (Å²) >= 11 is 0. The van der Waals surface area contributed by atoms with Crippen molar-refractivity contribution in [1.29, 1.82) is 0 Å². The van der Waals surface area contributed by atoms with Crippen molar-refractivity contribution in [2.45, 2.75) is 26.2 Å². The molecule has 0 spiro atoms. The molecule has 0 unspecified atom stereocenters. The van der Waals surface area contributed by atoms with Gasteiger partial charge in [-0.05, 0) is 55.2 Å². The molecule has 2 aromatic rings. The van der Waals surface area contributed by atoms with E-state index in [1.54, 1.807) is 19.0 Å². The van der Waals surface area contributed by atoms with Gasteiger partial charge in [0.25, 0.3) is 0 Å². The minimum atomic E-state index is 0.120. The Morgan fingerprint density at radius 3 is 2.40 bits per heavy atom. The summed E-state index contributed by atoms with van der Waals surface area (Å²) in [7, 11) is 3.57. The van der Waals surface area contributed by atoms with Crippen molar-refractivity contribution >= 4 is 23.0 Å². The van der Waals surface area contributed by atoms with E-state index in [1.165, 1.54) is 24.1 Å². The van der Waals surface area contributed by atoms with Crippen LogP contribution >= 0.6 is 0 Å². The second kappa shape index (κ2) is 7.60. The molecule has 0 bridgehead atoms. The Bertz CT molecular complexity index is 731. The Balaban J connectivity index is 1.72. The van der Waals surface area contributed by atoms with Crippen LogP contribution in [0.1, 0.15) is 24.0 Å². The molecule has 0 saturated carbocycles. The monoisotopic (exact) mass is 337 g/mol. The molecular formula is C21H27N3O. The predicted octanol–water partition coefficient (Wildman–Crippen LogP) is 3.97. The summed E-state index contributed by atoms with van der Waals surface area (Å²) in [4.78, 5) is 15.9. The van der Waals surface area contributed by atoms with Crippen LogP contribution in [0.15, 0.2) is 42.5 Å². The maximum atomic E-state index is 11.8. The molecule has 1 N–H and O–H groups in total. The molecule has 132 valence electrons. The summed E-state index contributed by atoms with van der Waals surface area (Å²) in [6.45, 7) is 4.48. The molecular weight excluding hydrogens is 310 g/mol. The van der Waals surface area contributed by atoms with E-state index < -0.39 is 0 Å². The van der Waals surface area contributed by atoms with Crippen LogP contribution in [0, 0.1) is 6.92 Å². The molecule has 25 heavy (non-hydrogen) atoms. The first kappa shape index (κ1) is 17.3. The number of anilines is 3. The van der Waals surface area contributed by atoms with Crippen molar-refractivity contribution in [2.75, 3.05) is 37.4 Å². The summed E-state index contributed by atoms with van der Waals surface area (Å²) in [5.74, 6) is 0.120. The van der Waals surface area contributed by atoms with Crippen molar-refractivity contribution in [3.05, 3.63) is 53.6 Å². The first-order chi connectivity index (χ1) is 12.0. The number of carbonyl (C=O) groups is 1. The fraction of sp³-hybridized carbons (Fsp3) is 0.381. The first-order valence-corrected chi connectivity index (χ1v) is 8.95. The van der Waals surface area contributed by atoms with Crippen LogP contribution in [-0.2, 0) is 11.2 Å². The number of likely N-dealkylation sites (N-methyl/N-ethyl adjacent to an activating group) is 1. The van der Waals surface area contributed by atoms with Gasteiger partial charge >= 0.3 is 0 Å². The predicted molar refractivity (Wildman–Crippen MR) is 105 cm³/mol. The minimum Gasteiger partial charge on any atom is -0.371 e. The standard InChI is InChI=1S/C21H27N3O/c1-16-19(7-6-8-20(16)24-13-4-5-14-24)22-18-11-9-17(10-12-18)15-21(25)23(2)3/h6-12,22H,4-5,13-15H2,1-3H3. The molecule has 3 rings (SSSR count). The third-order valence-electron chi connectivity index (χ3n) is 4.84. The lowest BCUT2D eigenvalue weighted by Crippen LogP contribution is -2.23. The van der Waals surface area contributed by atoms with E-state index >= 15 is 0 Å². The molecule has 1 heterocycles. The molecule has 4 nitrogen and oxygen atoms in total. The summed E-state index contributed by atoms with van der Waals surface area (Å²) in [5.41, 5.74) is 5.84. The zero-order valence-corrected chi connectivity index (χ0v) is 15.4. The van der Waals surface area contributed by atoms with Crippen LogP contribution in [0.25, 0.3) is 0 Å². The molecule has 1 fully saturated rings. The molecule has 0 atom stereocenters. The van der Waals surface area contributed by atoms with Crippen molar-refractivity contribution in [1.82, 2.24) is 4.90 Å². The second-order valence-electron chi connectivity index (χ2n) is 6.93. The molecule has 0 aromatic heterocycles. The van der Waals surface area contributed by atoms with Gasteiger partial charge in [0.05, 0.1) is 6.42 Å². The summed E-state index contributed by atoms with van der Waals surface area (Å²) < 4.78 is 0. The van der Waals surface area contributed by atoms with Gasteiger partial charge in [0.1, 0.15) is 0 Å². The number of amides is 1. The van der Waals surface area contributed by atoms with Crippen LogP contribution < -0.4 is 10.2 Å². The molecule has 0 aliphatic carbocycles. The molecule has 1 aliphatic heterocycles. The molecule has 1 aliphatic rings. The van der Waals surface area contributed by atoms with E-state index in [4.69, 9.17) is 0 Å². The lowest BCUT2D eigenvalue weighted by Gasteiger charge is -2.22. The average molecular weight is 337 g/mol. The number of hydrogen-bond acceptors (Lipinski definition) is 3. The summed E-state index contributed by atoms with van der Waals surface area (Å²) in [6.07, 6.45) is 3.01. The largest absolute Gasteiger partial charge is 0.371 e. The van der Waals surface area contributed by atoms with Crippen LogP contribution in [0.4, 0.5) is 17.1 Å². The number of rotatable bonds is 5. The van der Waals surface area contributed by atoms with Gasteiger partial charge in [-0.25, -0.2) is 0 Å². The third-order valence-corrected chi connectivity index (χ3v) is 4.84. The molecule has 4 heteroatoms. The van der Waals surface area contributed by atoms with E-state index in [0.717, 1.165) is 30.0 Å². The molecule has 2 aromatic carbocycles. The van der Waals surface area contributed by atoms with Crippen molar-refractivity contribution in [3.63, 3.8) is 0 Å². The Morgan fingerprint density at radius 1 is 1.08 bits per heavy atom. The summed E-state index contributed by atoms with van der Waals surface area (Å²) in [6, 6.07) is 14.6. The smallest absolute Gasteiger partial charge is 0.226 e. The first-order valence-electron chi connectivity index (χ1n) is 8.95. The Labute approximate surface area is 150 Å². The van der Waals surface area contributed by atoms with Crippen LogP contribution in [0.2, 0.25) is 0 Å². The fourth-order valence-electron chi connectivity index (χ4n) is 3.25. The van der Waals surface area contributed by atoms with Gasteiger partial charge in [-0.2, -0.15) is 0 Å². The molecule has 1 amide bonds. The topological polar surface area (TPSA) is 35.6 Å². The lowest BCUT2D eigenvalue weighted by atomic mass is 10.1. The zero-order valence-electron chi connectivity index (χ0n) is 15.4. The van der Waals surface area contributed by atoms with Crippen molar-refractivity contribution in [3.8, 4) is 0 Å². The van der Waals surface area contributed by atoms with Gasteiger partial charge in [-0.15, -0.1) is 0 Å².